The second kappa shape index (κ2) is 5.68. The van der Waals surface area contributed by atoms with Crippen LogP contribution in [0, 0.1) is 11.7 Å². The topological polar surface area (TPSA) is 29.3 Å². The van der Waals surface area contributed by atoms with E-state index in [0.717, 1.165) is 17.4 Å². The first-order chi connectivity index (χ1) is 8.52. The van der Waals surface area contributed by atoms with Crippen molar-refractivity contribution in [1.82, 2.24) is 4.90 Å². The van der Waals surface area contributed by atoms with Crippen LogP contribution in [0.5, 0.6) is 0 Å². The van der Waals surface area contributed by atoms with Crippen LogP contribution in [0.25, 0.3) is 0 Å². The van der Waals surface area contributed by atoms with Crippen LogP contribution in [0.15, 0.2) is 22.7 Å². The van der Waals surface area contributed by atoms with Gasteiger partial charge in [-0.15, -0.1) is 0 Å². The molecule has 1 fully saturated rings. The van der Waals surface area contributed by atoms with Gasteiger partial charge in [0.25, 0.3) is 0 Å². The van der Waals surface area contributed by atoms with Gasteiger partial charge >= 0.3 is 0 Å². The molecule has 0 aliphatic carbocycles. The molecular formula is C14H20BrFN2. The van der Waals surface area contributed by atoms with E-state index in [1.54, 1.807) is 0 Å². The van der Waals surface area contributed by atoms with Gasteiger partial charge < -0.3 is 5.73 Å². The third kappa shape index (κ3) is 2.76. The van der Waals surface area contributed by atoms with E-state index in [9.17, 15) is 4.39 Å². The lowest BCUT2D eigenvalue weighted by atomic mass is 10.0. The maximum absolute atomic E-state index is 14.1. The van der Waals surface area contributed by atoms with Crippen LogP contribution in [0.1, 0.15) is 31.9 Å². The smallest absolute Gasteiger partial charge is 0.129 e. The first kappa shape index (κ1) is 14.0. The molecule has 0 amide bonds. The van der Waals surface area contributed by atoms with Crippen LogP contribution in [0.4, 0.5) is 4.39 Å². The number of benzene rings is 1. The van der Waals surface area contributed by atoms with Gasteiger partial charge in [0.05, 0.1) is 6.04 Å². The molecule has 2 rings (SSSR count). The summed E-state index contributed by atoms with van der Waals surface area (Å²) in [5, 5.41) is 0. The normalized spacial score (nSPS) is 26.5. The zero-order chi connectivity index (χ0) is 13.3. The lowest BCUT2D eigenvalue weighted by molar-refractivity contribution is 0.188. The first-order valence-electron chi connectivity index (χ1n) is 6.43. The molecule has 0 bridgehead atoms. The maximum Gasteiger partial charge on any atom is 0.129 e. The van der Waals surface area contributed by atoms with Gasteiger partial charge in [0.2, 0.25) is 0 Å². The van der Waals surface area contributed by atoms with E-state index >= 15 is 0 Å². The molecule has 1 aromatic carbocycles. The average molecular weight is 315 g/mol. The standard InChI is InChI=1S/C14H20BrFN2/c1-9-5-10(2)18(8-9)14(7-17)12-4-3-11(15)6-13(12)16/h3-4,6,9-10,14H,5,7-8,17H2,1-2H3. The first-order valence-corrected chi connectivity index (χ1v) is 7.23. The summed E-state index contributed by atoms with van der Waals surface area (Å²) in [6.45, 7) is 5.89. The molecular weight excluding hydrogens is 295 g/mol. The van der Waals surface area contributed by atoms with Crippen molar-refractivity contribution in [2.75, 3.05) is 13.1 Å². The SMILES string of the molecule is CC1CC(C)N(C(CN)c2ccc(Br)cc2F)C1. The fraction of sp³-hybridized carbons (Fsp3) is 0.571. The second-order valence-electron chi connectivity index (χ2n) is 5.30. The molecule has 0 radical (unpaired) electrons. The van der Waals surface area contributed by atoms with Crippen LogP contribution in [0.2, 0.25) is 0 Å². The number of hydrogen-bond acceptors (Lipinski definition) is 2. The zero-order valence-corrected chi connectivity index (χ0v) is 12.5. The highest BCUT2D eigenvalue weighted by atomic mass is 79.9. The molecule has 100 valence electrons. The Bertz CT molecular complexity index is 424. The van der Waals surface area contributed by atoms with E-state index in [-0.39, 0.29) is 11.9 Å². The number of likely N-dealkylation sites (tertiary alicyclic amines) is 1. The molecule has 1 aliphatic rings. The molecule has 1 aliphatic heterocycles. The number of hydrogen-bond donors (Lipinski definition) is 1. The van der Waals surface area contributed by atoms with Crippen molar-refractivity contribution in [1.29, 1.82) is 0 Å². The summed E-state index contributed by atoms with van der Waals surface area (Å²) in [6, 6.07) is 5.69. The van der Waals surface area contributed by atoms with Crippen molar-refractivity contribution in [3.8, 4) is 0 Å². The van der Waals surface area contributed by atoms with Gasteiger partial charge in [-0.2, -0.15) is 0 Å². The zero-order valence-electron chi connectivity index (χ0n) is 10.9. The Kier molecular flexibility index (Phi) is 4.41. The van der Waals surface area contributed by atoms with Crippen LogP contribution in [0.3, 0.4) is 0 Å². The Morgan fingerprint density at radius 3 is 2.72 bits per heavy atom. The summed E-state index contributed by atoms with van der Waals surface area (Å²) in [5.74, 6) is 0.485. The molecule has 1 aromatic rings. The maximum atomic E-state index is 14.1. The van der Waals surface area contributed by atoms with Crippen molar-refractivity contribution in [2.24, 2.45) is 11.7 Å². The Hall–Kier alpha value is -0.450. The molecule has 0 spiro atoms. The monoisotopic (exact) mass is 314 g/mol. The third-order valence-corrected chi connectivity index (χ3v) is 4.27. The van der Waals surface area contributed by atoms with Gasteiger partial charge in [0.1, 0.15) is 5.82 Å². The Balaban J connectivity index is 2.28. The van der Waals surface area contributed by atoms with Gasteiger partial charge in [-0.3, -0.25) is 4.90 Å². The van der Waals surface area contributed by atoms with Crippen LogP contribution in [-0.2, 0) is 0 Å². The van der Waals surface area contributed by atoms with E-state index in [1.165, 1.54) is 6.07 Å². The van der Waals surface area contributed by atoms with Gasteiger partial charge in [0, 0.05) is 29.2 Å². The van der Waals surface area contributed by atoms with E-state index in [0.29, 0.717) is 24.1 Å². The highest BCUT2D eigenvalue weighted by molar-refractivity contribution is 9.10. The van der Waals surface area contributed by atoms with Gasteiger partial charge in [0.15, 0.2) is 0 Å². The highest BCUT2D eigenvalue weighted by Crippen LogP contribution is 2.33. The fourth-order valence-corrected chi connectivity index (χ4v) is 3.31. The van der Waals surface area contributed by atoms with Crippen LogP contribution < -0.4 is 5.73 Å². The molecule has 4 heteroatoms. The molecule has 18 heavy (non-hydrogen) atoms. The van der Waals surface area contributed by atoms with Crippen molar-refractivity contribution in [3.05, 3.63) is 34.1 Å². The average Bonchev–Trinajstić information content (AvgIpc) is 2.62. The summed E-state index contributed by atoms with van der Waals surface area (Å²) in [4.78, 5) is 2.33. The second-order valence-corrected chi connectivity index (χ2v) is 6.22. The largest absolute Gasteiger partial charge is 0.329 e. The van der Waals surface area contributed by atoms with Gasteiger partial charge in [-0.05, 0) is 31.4 Å². The molecule has 0 saturated carbocycles. The minimum Gasteiger partial charge on any atom is -0.329 e. The number of nitrogens with two attached hydrogens (primary N) is 1. The Morgan fingerprint density at radius 1 is 1.50 bits per heavy atom. The van der Waals surface area contributed by atoms with E-state index in [4.69, 9.17) is 5.73 Å². The van der Waals surface area contributed by atoms with Crippen molar-refractivity contribution >= 4 is 15.9 Å². The van der Waals surface area contributed by atoms with Crippen LogP contribution >= 0.6 is 15.9 Å². The molecule has 1 heterocycles. The lowest BCUT2D eigenvalue weighted by Gasteiger charge is -2.31. The molecule has 1 saturated heterocycles. The van der Waals surface area contributed by atoms with Gasteiger partial charge in [-0.1, -0.05) is 28.9 Å². The van der Waals surface area contributed by atoms with Crippen LogP contribution in [-0.4, -0.2) is 24.0 Å². The summed E-state index contributed by atoms with van der Waals surface area (Å²) < 4.78 is 14.8. The summed E-state index contributed by atoms with van der Waals surface area (Å²) in [5.41, 5.74) is 6.59. The summed E-state index contributed by atoms with van der Waals surface area (Å²) in [6.07, 6.45) is 1.16. The Morgan fingerprint density at radius 2 is 2.22 bits per heavy atom. The lowest BCUT2D eigenvalue weighted by Crippen LogP contribution is -2.36. The highest BCUT2D eigenvalue weighted by Gasteiger charge is 2.32. The number of halogens is 2. The predicted octanol–water partition coefficient (Wildman–Crippen LogP) is 3.32. The molecule has 3 atom stereocenters. The van der Waals surface area contributed by atoms with E-state index in [1.807, 2.05) is 12.1 Å². The summed E-state index contributed by atoms with van der Waals surface area (Å²) >= 11 is 3.29. The summed E-state index contributed by atoms with van der Waals surface area (Å²) in [7, 11) is 0. The van der Waals surface area contributed by atoms with Crippen molar-refractivity contribution in [3.63, 3.8) is 0 Å². The number of rotatable bonds is 3. The molecule has 2 nitrogen and oxygen atoms in total. The predicted molar refractivity (Wildman–Crippen MR) is 75.8 cm³/mol. The van der Waals surface area contributed by atoms with E-state index in [2.05, 4.69) is 34.7 Å². The number of nitrogens with zero attached hydrogens (tertiary/aromatic N) is 1. The molecule has 3 unspecified atom stereocenters. The van der Waals surface area contributed by atoms with Gasteiger partial charge in [-0.25, -0.2) is 4.39 Å². The van der Waals surface area contributed by atoms with Crippen molar-refractivity contribution in [2.45, 2.75) is 32.4 Å². The molecule has 2 N–H and O–H groups in total. The fourth-order valence-electron chi connectivity index (χ4n) is 2.98. The van der Waals surface area contributed by atoms with Crippen molar-refractivity contribution < 1.29 is 4.39 Å². The third-order valence-electron chi connectivity index (χ3n) is 3.78. The molecule has 0 aromatic heterocycles. The van der Waals surface area contributed by atoms with E-state index < -0.39 is 0 Å². The quantitative estimate of drug-likeness (QED) is 0.927. The minimum atomic E-state index is -0.174. The minimum absolute atomic E-state index is 0.0157. The Labute approximate surface area is 116 Å².